The second-order valence-electron chi connectivity index (χ2n) is 10.0. The van der Waals surface area contributed by atoms with E-state index in [4.69, 9.17) is 9.47 Å². The van der Waals surface area contributed by atoms with Crippen LogP contribution in [0.3, 0.4) is 0 Å². The number of ether oxygens (including phenoxy) is 2. The zero-order valence-electron chi connectivity index (χ0n) is 19.4. The molecule has 0 saturated heterocycles. The van der Waals surface area contributed by atoms with Crippen LogP contribution in [-0.2, 0) is 27.0 Å². The molecule has 3 aromatic rings. The van der Waals surface area contributed by atoms with Crippen molar-refractivity contribution in [1.82, 2.24) is 10.3 Å². The van der Waals surface area contributed by atoms with E-state index < -0.39 is 5.41 Å². The number of hydrogen-bond acceptors (Lipinski definition) is 4. The molecule has 2 aromatic carbocycles. The molecule has 2 aliphatic rings. The van der Waals surface area contributed by atoms with Gasteiger partial charge in [-0.1, -0.05) is 26.8 Å². The Bertz CT molecular complexity index is 1260. The quantitative estimate of drug-likeness (QED) is 0.537. The number of H-pyrrole nitrogens is 1. The highest BCUT2D eigenvalue weighted by Crippen LogP contribution is 2.51. The van der Waals surface area contributed by atoms with Gasteiger partial charge in [-0.05, 0) is 54.3 Å². The number of carbonyl (C=O) groups excluding carboxylic acids is 2. The first kappa shape index (κ1) is 21.4. The van der Waals surface area contributed by atoms with Crippen LogP contribution in [0.15, 0.2) is 36.4 Å². The van der Waals surface area contributed by atoms with Crippen molar-refractivity contribution < 1.29 is 19.1 Å². The molecule has 1 aliphatic heterocycles. The van der Waals surface area contributed by atoms with E-state index in [0.29, 0.717) is 18.0 Å². The van der Waals surface area contributed by atoms with Gasteiger partial charge in [-0.15, -0.1) is 0 Å². The van der Waals surface area contributed by atoms with Gasteiger partial charge in [0.25, 0.3) is 0 Å². The Kier molecular flexibility index (Phi) is 4.88. The van der Waals surface area contributed by atoms with Gasteiger partial charge in [0.15, 0.2) is 11.5 Å². The van der Waals surface area contributed by atoms with Crippen LogP contribution in [0.4, 0.5) is 5.69 Å². The average Bonchev–Trinajstić information content (AvgIpc) is 3.22. The topological polar surface area (TPSA) is 92.5 Å². The van der Waals surface area contributed by atoms with Crippen molar-refractivity contribution in [2.75, 3.05) is 12.1 Å². The maximum Gasteiger partial charge on any atom is 0.235 e. The number of amides is 2. The van der Waals surface area contributed by atoms with Crippen LogP contribution < -0.4 is 20.1 Å². The van der Waals surface area contributed by atoms with Crippen LogP contribution in [0, 0.1) is 0 Å². The normalized spacial score (nSPS) is 16.0. The predicted octanol–water partition coefficient (Wildman–Crippen LogP) is 4.50. The van der Waals surface area contributed by atoms with Crippen LogP contribution in [0.5, 0.6) is 11.5 Å². The molecule has 7 heteroatoms. The third-order valence-corrected chi connectivity index (χ3v) is 6.51. The van der Waals surface area contributed by atoms with Gasteiger partial charge in [0.1, 0.15) is 0 Å². The van der Waals surface area contributed by atoms with Crippen LogP contribution in [0.25, 0.3) is 10.9 Å². The molecule has 1 saturated carbocycles. The molecule has 172 valence electrons. The van der Waals surface area contributed by atoms with Gasteiger partial charge in [0.2, 0.25) is 18.6 Å². The predicted molar refractivity (Wildman–Crippen MR) is 127 cm³/mol. The van der Waals surface area contributed by atoms with Crippen molar-refractivity contribution in [2.24, 2.45) is 0 Å². The Balaban J connectivity index is 1.46. The standard InChI is InChI=1S/C26H29N3O4/c1-15(30)27-13-17-10-19(9-16-11-22(25(2,3)4)29-23(16)17)28-24(31)26(7-8-26)18-5-6-20-21(12-18)33-14-32-20/h5-6,9-12,29H,7-8,13-14H2,1-4H3,(H,27,30)(H,28,31). The summed E-state index contributed by atoms with van der Waals surface area (Å²) in [4.78, 5) is 28.5. The lowest BCUT2D eigenvalue weighted by molar-refractivity contribution is -0.119. The highest BCUT2D eigenvalue weighted by molar-refractivity contribution is 6.03. The summed E-state index contributed by atoms with van der Waals surface area (Å²) in [5, 5.41) is 7.02. The minimum atomic E-state index is -0.553. The summed E-state index contributed by atoms with van der Waals surface area (Å²) in [7, 11) is 0. The van der Waals surface area contributed by atoms with Gasteiger partial charge in [0.05, 0.1) is 10.9 Å². The number of hydrogen-bond donors (Lipinski definition) is 3. The third kappa shape index (κ3) is 3.92. The van der Waals surface area contributed by atoms with Crippen molar-refractivity contribution in [3.05, 3.63) is 53.2 Å². The van der Waals surface area contributed by atoms with Crippen molar-refractivity contribution in [2.45, 2.75) is 57.9 Å². The van der Waals surface area contributed by atoms with E-state index in [-0.39, 0.29) is 24.0 Å². The second kappa shape index (κ2) is 7.54. The Morgan fingerprint density at radius 3 is 2.52 bits per heavy atom. The van der Waals surface area contributed by atoms with Crippen LogP contribution in [-0.4, -0.2) is 23.6 Å². The number of aromatic nitrogens is 1. The lowest BCUT2D eigenvalue weighted by Crippen LogP contribution is -2.28. The summed E-state index contributed by atoms with van der Waals surface area (Å²) in [5.41, 5.74) is 4.07. The first-order valence-electron chi connectivity index (χ1n) is 11.3. The van der Waals surface area contributed by atoms with E-state index in [1.165, 1.54) is 6.92 Å². The SMILES string of the molecule is CC(=O)NCc1cc(NC(=O)C2(c3ccc4c(c3)OCO4)CC2)cc2cc(C(C)(C)C)[nH]c12. The molecule has 5 rings (SSSR count). The van der Waals surface area contributed by atoms with Gasteiger partial charge in [-0.2, -0.15) is 0 Å². The summed E-state index contributed by atoms with van der Waals surface area (Å²) in [5.74, 6) is 1.27. The zero-order chi connectivity index (χ0) is 23.4. The van der Waals surface area contributed by atoms with Crippen LogP contribution in [0.2, 0.25) is 0 Å². The molecule has 1 fully saturated rings. The summed E-state index contributed by atoms with van der Waals surface area (Å²) in [6, 6.07) is 11.8. The van der Waals surface area contributed by atoms with Crippen molar-refractivity contribution in [1.29, 1.82) is 0 Å². The molecule has 0 bridgehead atoms. The van der Waals surface area contributed by atoms with Gasteiger partial charge in [-0.3, -0.25) is 9.59 Å². The molecule has 1 aliphatic carbocycles. The Morgan fingerprint density at radius 1 is 1.06 bits per heavy atom. The minimum Gasteiger partial charge on any atom is -0.454 e. The Morgan fingerprint density at radius 2 is 1.82 bits per heavy atom. The largest absolute Gasteiger partial charge is 0.454 e. The number of fused-ring (bicyclic) bond motifs is 2. The molecule has 0 atom stereocenters. The molecular weight excluding hydrogens is 418 g/mol. The van der Waals surface area contributed by atoms with Crippen molar-refractivity contribution in [3.8, 4) is 11.5 Å². The monoisotopic (exact) mass is 447 g/mol. The summed E-state index contributed by atoms with van der Waals surface area (Å²) in [6.07, 6.45) is 1.58. The van der Waals surface area contributed by atoms with Crippen molar-refractivity contribution in [3.63, 3.8) is 0 Å². The van der Waals surface area contributed by atoms with Gasteiger partial charge in [0, 0.05) is 35.7 Å². The maximum atomic E-state index is 13.4. The first-order valence-corrected chi connectivity index (χ1v) is 11.3. The molecule has 0 spiro atoms. The number of rotatable bonds is 5. The maximum absolute atomic E-state index is 13.4. The van der Waals surface area contributed by atoms with Gasteiger partial charge < -0.3 is 25.1 Å². The number of benzene rings is 2. The second-order valence-corrected chi connectivity index (χ2v) is 10.0. The first-order chi connectivity index (χ1) is 15.7. The number of aromatic amines is 1. The molecule has 2 amide bonds. The lowest BCUT2D eigenvalue weighted by atomic mass is 9.92. The Hall–Kier alpha value is -3.48. The summed E-state index contributed by atoms with van der Waals surface area (Å²) >= 11 is 0. The van der Waals surface area contributed by atoms with Crippen molar-refractivity contribution >= 4 is 28.4 Å². The molecule has 0 unspecified atom stereocenters. The van der Waals surface area contributed by atoms with E-state index in [1.807, 2.05) is 30.3 Å². The fraction of sp³-hybridized carbons (Fsp3) is 0.385. The fourth-order valence-electron chi connectivity index (χ4n) is 4.37. The minimum absolute atomic E-state index is 0.0298. The number of anilines is 1. The highest BCUT2D eigenvalue weighted by Gasteiger charge is 2.51. The molecule has 1 aromatic heterocycles. The number of carbonyl (C=O) groups is 2. The van der Waals surface area contributed by atoms with Crippen LogP contribution in [0.1, 0.15) is 57.4 Å². The number of nitrogens with one attached hydrogen (secondary N) is 3. The molecule has 3 N–H and O–H groups in total. The Labute approximate surface area is 192 Å². The molecular formula is C26H29N3O4. The molecule has 2 heterocycles. The smallest absolute Gasteiger partial charge is 0.235 e. The van der Waals surface area contributed by atoms with Gasteiger partial charge in [-0.25, -0.2) is 0 Å². The zero-order valence-corrected chi connectivity index (χ0v) is 19.4. The molecule has 0 radical (unpaired) electrons. The fourth-order valence-corrected chi connectivity index (χ4v) is 4.37. The summed E-state index contributed by atoms with van der Waals surface area (Å²) < 4.78 is 10.9. The van der Waals surface area contributed by atoms with E-state index in [2.05, 4.69) is 42.5 Å². The summed E-state index contributed by atoms with van der Waals surface area (Å²) in [6.45, 7) is 8.54. The van der Waals surface area contributed by atoms with E-state index in [1.54, 1.807) is 0 Å². The molecule has 7 nitrogen and oxygen atoms in total. The van der Waals surface area contributed by atoms with Crippen LogP contribution >= 0.6 is 0 Å². The highest BCUT2D eigenvalue weighted by atomic mass is 16.7. The average molecular weight is 448 g/mol. The van der Waals surface area contributed by atoms with Gasteiger partial charge >= 0.3 is 0 Å². The lowest BCUT2D eigenvalue weighted by Gasteiger charge is -2.17. The van der Waals surface area contributed by atoms with E-state index in [9.17, 15) is 9.59 Å². The third-order valence-electron chi connectivity index (χ3n) is 6.51. The molecule has 33 heavy (non-hydrogen) atoms. The van der Waals surface area contributed by atoms with E-state index >= 15 is 0 Å². The van der Waals surface area contributed by atoms with E-state index in [0.717, 1.165) is 46.3 Å².